The van der Waals surface area contributed by atoms with Crippen LogP contribution in [0.1, 0.15) is 46.7 Å². The van der Waals surface area contributed by atoms with Crippen LogP contribution in [0.15, 0.2) is 42.5 Å². The minimum Gasteiger partial charge on any atom is -0.305 e. The summed E-state index contributed by atoms with van der Waals surface area (Å²) < 4.78 is 1.74. The zero-order chi connectivity index (χ0) is 16.7. The number of nitrogens with zero attached hydrogens (tertiary/aromatic N) is 3. The molecule has 0 unspecified atom stereocenters. The van der Waals surface area contributed by atoms with Crippen molar-refractivity contribution >= 4 is 16.8 Å². The van der Waals surface area contributed by atoms with Gasteiger partial charge in [-0.1, -0.05) is 24.3 Å². The van der Waals surface area contributed by atoms with Crippen LogP contribution >= 0.6 is 0 Å². The first-order valence-electron chi connectivity index (χ1n) is 8.22. The maximum atomic E-state index is 13.0. The number of ketones is 1. The predicted octanol–water partition coefficient (Wildman–Crippen LogP) is 3.84. The van der Waals surface area contributed by atoms with Gasteiger partial charge >= 0.3 is 0 Å². The quantitative estimate of drug-likeness (QED) is 0.690. The lowest BCUT2D eigenvalue weighted by Gasteiger charge is -2.15. The van der Waals surface area contributed by atoms with E-state index in [0.717, 1.165) is 30.3 Å². The van der Waals surface area contributed by atoms with Gasteiger partial charge in [0.05, 0.1) is 17.1 Å². The molecule has 118 valence electrons. The lowest BCUT2D eigenvalue weighted by Crippen LogP contribution is -2.18. The number of Topliss-reactive ketones (excluding diaryl/α,β-unsaturated/α-hetero) is 1. The number of imidazole rings is 1. The fourth-order valence-corrected chi connectivity index (χ4v) is 3.60. The molecule has 4 nitrogen and oxygen atoms in total. The highest BCUT2D eigenvalue weighted by molar-refractivity contribution is 6.00. The van der Waals surface area contributed by atoms with Crippen molar-refractivity contribution in [3.05, 3.63) is 65.0 Å². The number of rotatable bonds is 3. The summed E-state index contributed by atoms with van der Waals surface area (Å²) >= 11 is 0. The second-order valence-electron chi connectivity index (χ2n) is 6.28. The number of carbonyl (C=O) groups is 1. The van der Waals surface area contributed by atoms with Crippen LogP contribution in [0.3, 0.4) is 0 Å². The molecule has 1 heterocycles. The Hall–Kier alpha value is -2.93. The number of hydrogen-bond donors (Lipinski definition) is 0. The van der Waals surface area contributed by atoms with Gasteiger partial charge in [0.1, 0.15) is 6.07 Å². The van der Waals surface area contributed by atoms with E-state index in [1.54, 1.807) is 4.57 Å². The van der Waals surface area contributed by atoms with Gasteiger partial charge in [-0.05, 0) is 55.5 Å². The first-order chi connectivity index (χ1) is 11.7. The maximum absolute atomic E-state index is 13.0. The third-order valence-corrected chi connectivity index (χ3v) is 4.85. The Kier molecular flexibility index (Phi) is 3.42. The lowest BCUT2D eigenvalue weighted by molar-refractivity contribution is 0.0936. The molecule has 0 bridgehead atoms. The third kappa shape index (κ3) is 2.21. The zero-order valence-corrected chi connectivity index (χ0v) is 13.5. The molecule has 0 N–H and O–H groups in total. The molecule has 0 saturated carbocycles. The van der Waals surface area contributed by atoms with Crippen LogP contribution in [0.2, 0.25) is 0 Å². The molecular weight excluding hydrogens is 298 g/mol. The Morgan fingerprint density at radius 3 is 2.83 bits per heavy atom. The number of para-hydroxylation sites is 2. The van der Waals surface area contributed by atoms with E-state index in [9.17, 15) is 10.1 Å². The number of nitriles is 1. The number of fused-ring (bicyclic) bond motifs is 2. The molecule has 0 radical (unpaired) electrons. The number of aromatic nitrogens is 2. The van der Waals surface area contributed by atoms with Crippen molar-refractivity contribution in [2.24, 2.45) is 0 Å². The SMILES string of the molecule is C[C@@H](C(=O)c1ccc2c(c1)CCC2)n1c(C#N)nc2ccccc21. The summed E-state index contributed by atoms with van der Waals surface area (Å²) in [5, 5.41) is 9.40. The van der Waals surface area contributed by atoms with Crippen molar-refractivity contribution in [3.8, 4) is 6.07 Å². The number of carbonyl (C=O) groups excluding carboxylic acids is 1. The van der Waals surface area contributed by atoms with Gasteiger partial charge in [0.25, 0.3) is 0 Å². The molecule has 0 amide bonds. The Bertz CT molecular complexity index is 994. The molecule has 1 aliphatic rings. The Morgan fingerprint density at radius 2 is 2.00 bits per heavy atom. The number of hydrogen-bond acceptors (Lipinski definition) is 3. The standard InChI is InChI=1S/C20H17N3O/c1-13(20(24)16-10-9-14-5-4-6-15(14)11-16)23-18-8-3-2-7-17(18)22-19(23)12-21/h2-3,7-11,13H,4-6H2,1H3/t13-/m0/s1. The maximum Gasteiger partial charge on any atom is 0.214 e. The van der Waals surface area contributed by atoms with Gasteiger partial charge in [-0.3, -0.25) is 4.79 Å². The molecular formula is C20H17N3O. The molecule has 4 rings (SSSR count). The molecule has 0 fully saturated rings. The average Bonchev–Trinajstić information content (AvgIpc) is 3.23. The van der Waals surface area contributed by atoms with Crippen molar-refractivity contribution in [3.63, 3.8) is 0 Å². The Balaban J connectivity index is 1.77. The molecule has 0 saturated heterocycles. The summed E-state index contributed by atoms with van der Waals surface area (Å²) in [7, 11) is 0. The van der Waals surface area contributed by atoms with Gasteiger partial charge < -0.3 is 4.57 Å². The average molecular weight is 315 g/mol. The molecule has 1 aromatic heterocycles. The van der Waals surface area contributed by atoms with Gasteiger partial charge in [-0.25, -0.2) is 4.98 Å². The Morgan fingerprint density at radius 1 is 1.21 bits per heavy atom. The highest BCUT2D eigenvalue weighted by Gasteiger charge is 2.23. The van der Waals surface area contributed by atoms with Crippen molar-refractivity contribution in [1.29, 1.82) is 5.26 Å². The van der Waals surface area contributed by atoms with Crippen LogP contribution in [0.25, 0.3) is 11.0 Å². The van der Waals surface area contributed by atoms with Crippen molar-refractivity contribution in [2.45, 2.75) is 32.2 Å². The highest BCUT2D eigenvalue weighted by atomic mass is 16.1. The van der Waals surface area contributed by atoms with Gasteiger partial charge in [0.15, 0.2) is 5.78 Å². The molecule has 0 aliphatic heterocycles. The van der Waals surface area contributed by atoms with E-state index < -0.39 is 6.04 Å². The van der Waals surface area contributed by atoms with E-state index in [-0.39, 0.29) is 11.6 Å². The van der Waals surface area contributed by atoms with Crippen LogP contribution in [-0.4, -0.2) is 15.3 Å². The van der Waals surface area contributed by atoms with E-state index in [0.29, 0.717) is 5.56 Å². The smallest absolute Gasteiger partial charge is 0.214 e. The van der Waals surface area contributed by atoms with Gasteiger partial charge in [0.2, 0.25) is 5.82 Å². The number of aryl methyl sites for hydroxylation is 2. The molecule has 1 aliphatic carbocycles. The summed E-state index contributed by atoms with van der Waals surface area (Å²) in [6, 6.07) is 15.2. The summed E-state index contributed by atoms with van der Waals surface area (Å²) in [4.78, 5) is 17.3. The summed E-state index contributed by atoms with van der Waals surface area (Å²) in [5.41, 5.74) is 4.90. The van der Waals surface area contributed by atoms with Crippen molar-refractivity contribution in [1.82, 2.24) is 9.55 Å². The Labute approximate surface area is 140 Å². The molecule has 1 atom stereocenters. The van der Waals surface area contributed by atoms with Crippen LogP contribution < -0.4 is 0 Å². The second kappa shape index (κ2) is 5.61. The summed E-state index contributed by atoms with van der Waals surface area (Å²) in [6.45, 7) is 1.84. The van der Waals surface area contributed by atoms with Crippen LogP contribution in [0.5, 0.6) is 0 Å². The number of benzene rings is 2. The normalized spacial score (nSPS) is 14.3. The zero-order valence-electron chi connectivity index (χ0n) is 13.5. The fourth-order valence-electron chi connectivity index (χ4n) is 3.60. The van der Waals surface area contributed by atoms with Crippen LogP contribution in [-0.2, 0) is 12.8 Å². The van der Waals surface area contributed by atoms with E-state index >= 15 is 0 Å². The van der Waals surface area contributed by atoms with E-state index in [1.165, 1.54) is 11.1 Å². The predicted molar refractivity (Wildman–Crippen MR) is 92.0 cm³/mol. The summed E-state index contributed by atoms with van der Waals surface area (Å²) in [5.74, 6) is 0.294. The largest absolute Gasteiger partial charge is 0.305 e. The molecule has 4 heteroatoms. The topological polar surface area (TPSA) is 58.7 Å². The van der Waals surface area contributed by atoms with Crippen LogP contribution in [0, 0.1) is 11.3 Å². The first-order valence-corrected chi connectivity index (χ1v) is 8.22. The van der Waals surface area contributed by atoms with Crippen molar-refractivity contribution < 1.29 is 4.79 Å². The third-order valence-electron chi connectivity index (χ3n) is 4.85. The van der Waals surface area contributed by atoms with Crippen LogP contribution in [0.4, 0.5) is 0 Å². The minimum absolute atomic E-state index is 0.0179. The highest BCUT2D eigenvalue weighted by Crippen LogP contribution is 2.27. The second-order valence-corrected chi connectivity index (χ2v) is 6.28. The van der Waals surface area contributed by atoms with E-state index in [1.807, 2.05) is 43.3 Å². The van der Waals surface area contributed by atoms with E-state index in [4.69, 9.17) is 0 Å². The molecule has 0 spiro atoms. The monoisotopic (exact) mass is 315 g/mol. The van der Waals surface area contributed by atoms with E-state index in [2.05, 4.69) is 17.1 Å². The van der Waals surface area contributed by atoms with Crippen molar-refractivity contribution in [2.75, 3.05) is 0 Å². The molecule has 24 heavy (non-hydrogen) atoms. The fraction of sp³-hybridized carbons (Fsp3) is 0.250. The molecule has 2 aromatic carbocycles. The summed E-state index contributed by atoms with van der Waals surface area (Å²) in [6.07, 6.45) is 3.31. The lowest BCUT2D eigenvalue weighted by atomic mass is 10.00. The first kappa shape index (κ1) is 14.6. The van der Waals surface area contributed by atoms with Gasteiger partial charge in [0, 0.05) is 5.56 Å². The molecule has 3 aromatic rings. The van der Waals surface area contributed by atoms with Gasteiger partial charge in [-0.2, -0.15) is 5.26 Å². The minimum atomic E-state index is -0.466. The van der Waals surface area contributed by atoms with Gasteiger partial charge in [-0.15, -0.1) is 0 Å².